The van der Waals surface area contributed by atoms with E-state index in [1.807, 2.05) is 18.7 Å². The maximum absolute atomic E-state index is 12.3. The molecule has 1 aliphatic heterocycles. The summed E-state index contributed by atoms with van der Waals surface area (Å²) >= 11 is 0. The van der Waals surface area contributed by atoms with E-state index >= 15 is 0 Å². The van der Waals surface area contributed by atoms with E-state index in [4.69, 9.17) is 5.11 Å². The highest BCUT2D eigenvalue weighted by Crippen LogP contribution is 2.29. The summed E-state index contributed by atoms with van der Waals surface area (Å²) in [6.07, 6.45) is 2.57. The Morgan fingerprint density at radius 1 is 1.22 bits per heavy atom. The Morgan fingerprint density at radius 3 is 2.39 bits per heavy atom. The van der Waals surface area contributed by atoms with Gasteiger partial charge in [-0.1, -0.05) is 20.8 Å². The van der Waals surface area contributed by atoms with Gasteiger partial charge in [0.25, 0.3) is 0 Å². The smallest absolute Gasteiger partial charge is 0.303 e. The number of carbonyl (C=O) groups excluding carboxylic acids is 1. The van der Waals surface area contributed by atoms with Crippen LogP contribution in [-0.4, -0.2) is 34.5 Å². The Labute approximate surface area is 109 Å². The van der Waals surface area contributed by atoms with Gasteiger partial charge in [-0.15, -0.1) is 0 Å². The van der Waals surface area contributed by atoms with E-state index in [-0.39, 0.29) is 18.4 Å². The molecule has 18 heavy (non-hydrogen) atoms. The topological polar surface area (TPSA) is 57.6 Å². The van der Waals surface area contributed by atoms with Gasteiger partial charge in [0.05, 0.1) is 6.42 Å². The van der Waals surface area contributed by atoms with Gasteiger partial charge in [-0.2, -0.15) is 0 Å². The van der Waals surface area contributed by atoms with Crippen LogP contribution in [0.1, 0.15) is 53.4 Å². The minimum Gasteiger partial charge on any atom is -0.481 e. The van der Waals surface area contributed by atoms with Crippen molar-refractivity contribution in [2.75, 3.05) is 6.54 Å². The maximum atomic E-state index is 12.3. The molecule has 0 spiro atoms. The fourth-order valence-electron chi connectivity index (χ4n) is 2.62. The number of carboxylic acid groups (broad SMARTS) is 1. The second-order valence-electron chi connectivity index (χ2n) is 6.49. The molecule has 1 heterocycles. The number of hydrogen-bond donors (Lipinski definition) is 1. The lowest BCUT2D eigenvalue weighted by Crippen LogP contribution is -2.46. The number of carboxylic acids is 1. The molecule has 1 N–H and O–H groups in total. The Balaban J connectivity index is 2.61. The van der Waals surface area contributed by atoms with Gasteiger partial charge in [-0.05, 0) is 31.1 Å². The SMILES string of the molecule is CC1CCC(C)N(C(=O)CC(C)(C)CC(=O)O)C1. The first kappa shape index (κ1) is 15.0. The fourth-order valence-corrected chi connectivity index (χ4v) is 2.62. The predicted octanol–water partition coefficient (Wildman–Crippen LogP) is 2.52. The van der Waals surface area contributed by atoms with E-state index in [2.05, 4.69) is 13.8 Å². The van der Waals surface area contributed by atoms with Crippen molar-refractivity contribution in [3.8, 4) is 0 Å². The van der Waals surface area contributed by atoms with Gasteiger partial charge in [0, 0.05) is 19.0 Å². The molecule has 0 saturated carbocycles. The van der Waals surface area contributed by atoms with Crippen molar-refractivity contribution in [2.45, 2.75) is 59.4 Å². The van der Waals surface area contributed by atoms with Crippen LogP contribution in [0.5, 0.6) is 0 Å². The number of carbonyl (C=O) groups is 2. The van der Waals surface area contributed by atoms with E-state index in [9.17, 15) is 9.59 Å². The summed E-state index contributed by atoms with van der Waals surface area (Å²) in [6.45, 7) is 8.74. The average Bonchev–Trinajstić information content (AvgIpc) is 2.18. The van der Waals surface area contributed by atoms with Gasteiger partial charge >= 0.3 is 5.97 Å². The van der Waals surface area contributed by atoms with E-state index in [1.165, 1.54) is 6.42 Å². The zero-order chi connectivity index (χ0) is 13.9. The van der Waals surface area contributed by atoms with E-state index in [0.29, 0.717) is 12.3 Å². The third kappa shape index (κ3) is 4.31. The molecule has 0 aromatic rings. The fraction of sp³-hybridized carbons (Fsp3) is 0.857. The van der Waals surface area contributed by atoms with Gasteiger partial charge < -0.3 is 10.0 Å². The van der Waals surface area contributed by atoms with E-state index in [1.54, 1.807) is 0 Å². The zero-order valence-corrected chi connectivity index (χ0v) is 11.9. The van der Waals surface area contributed by atoms with Gasteiger partial charge in [-0.25, -0.2) is 0 Å². The molecular formula is C14H25NO3. The van der Waals surface area contributed by atoms with Gasteiger partial charge in [-0.3, -0.25) is 9.59 Å². The number of aliphatic carboxylic acids is 1. The minimum absolute atomic E-state index is 0.0382. The highest BCUT2D eigenvalue weighted by molar-refractivity contribution is 5.78. The molecule has 2 atom stereocenters. The van der Waals surface area contributed by atoms with E-state index in [0.717, 1.165) is 13.0 Å². The first-order chi connectivity index (χ1) is 8.21. The maximum Gasteiger partial charge on any atom is 0.303 e. The molecule has 1 aliphatic rings. The number of likely N-dealkylation sites (tertiary alicyclic amines) is 1. The van der Waals surface area contributed by atoms with Crippen LogP contribution >= 0.6 is 0 Å². The molecule has 1 saturated heterocycles. The lowest BCUT2D eigenvalue weighted by molar-refractivity contribution is -0.142. The normalized spacial score (nSPS) is 25.0. The van der Waals surface area contributed by atoms with Crippen molar-refractivity contribution >= 4 is 11.9 Å². The molecular weight excluding hydrogens is 230 g/mol. The molecule has 0 aliphatic carbocycles. The monoisotopic (exact) mass is 255 g/mol. The number of piperidine rings is 1. The molecule has 0 radical (unpaired) electrons. The van der Waals surface area contributed by atoms with Crippen LogP contribution < -0.4 is 0 Å². The van der Waals surface area contributed by atoms with Crippen LogP contribution in [0.2, 0.25) is 0 Å². The summed E-state index contributed by atoms with van der Waals surface area (Å²) < 4.78 is 0. The summed E-state index contributed by atoms with van der Waals surface area (Å²) in [6, 6.07) is 0.286. The van der Waals surface area contributed by atoms with Crippen molar-refractivity contribution in [1.29, 1.82) is 0 Å². The summed E-state index contributed by atoms with van der Waals surface area (Å²) in [4.78, 5) is 25.0. The van der Waals surface area contributed by atoms with Crippen molar-refractivity contribution in [3.63, 3.8) is 0 Å². The van der Waals surface area contributed by atoms with Crippen molar-refractivity contribution in [2.24, 2.45) is 11.3 Å². The van der Waals surface area contributed by atoms with Gasteiger partial charge in [0.15, 0.2) is 0 Å². The molecule has 1 fully saturated rings. The Hall–Kier alpha value is -1.06. The third-order valence-corrected chi connectivity index (χ3v) is 3.70. The van der Waals surface area contributed by atoms with Crippen molar-refractivity contribution in [1.82, 2.24) is 4.90 Å². The standard InChI is InChI=1S/C14H25NO3/c1-10-5-6-11(2)15(9-10)12(16)7-14(3,4)8-13(17)18/h10-11H,5-9H2,1-4H3,(H,17,18). The molecule has 0 aromatic heterocycles. The lowest BCUT2D eigenvalue weighted by atomic mass is 9.84. The number of nitrogens with zero attached hydrogens (tertiary/aromatic N) is 1. The number of rotatable bonds is 4. The van der Waals surface area contributed by atoms with Gasteiger partial charge in [0.2, 0.25) is 5.91 Å². The lowest BCUT2D eigenvalue weighted by Gasteiger charge is -2.38. The number of hydrogen-bond acceptors (Lipinski definition) is 2. The minimum atomic E-state index is -0.840. The molecule has 0 bridgehead atoms. The van der Waals surface area contributed by atoms with Gasteiger partial charge in [0.1, 0.15) is 0 Å². The van der Waals surface area contributed by atoms with Crippen LogP contribution in [0.15, 0.2) is 0 Å². The first-order valence-electron chi connectivity index (χ1n) is 6.72. The molecule has 1 amide bonds. The van der Waals surface area contributed by atoms with Crippen molar-refractivity contribution in [3.05, 3.63) is 0 Å². The highest BCUT2D eigenvalue weighted by atomic mass is 16.4. The van der Waals surface area contributed by atoms with Crippen LogP contribution in [0, 0.1) is 11.3 Å². The second kappa shape index (κ2) is 5.72. The second-order valence-corrected chi connectivity index (χ2v) is 6.49. The zero-order valence-electron chi connectivity index (χ0n) is 11.9. The molecule has 4 nitrogen and oxygen atoms in total. The molecule has 0 aromatic carbocycles. The molecule has 4 heteroatoms. The Bertz CT molecular complexity index is 325. The van der Waals surface area contributed by atoms with Crippen molar-refractivity contribution < 1.29 is 14.7 Å². The van der Waals surface area contributed by atoms with Crippen LogP contribution in [-0.2, 0) is 9.59 Å². The van der Waals surface area contributed by atoms with E-state index < -0.39 is 11.4 Å². The average molecular weight is 255 g/mol. The third-order valence-electron chi connectivity index (χ3n) is 3.70. The highest BCUT2D eigenvalue weighted by Gasteiger charge is 2.32. The first-order valence-corrected chi connectivity index (χ1v) is 6.72. The Kier molecular flexibility index (Phi) is 4.77. The quantitative estimate of drug-likeness (QED) is 0.839. The Morgan fingerprint density at radius 2 is 1.83 bits per heavy atom. The van der Waals surface area contributed by atoms with Crippen LogP contribution in [0.3, 0.4) is 0 Å². The summed E-state index contributed by atoms with van der Waals surface area (Å²) in [5.41, 5.74) is -0.469. The molecule has 104 valence electrons. The molecule has 1 rings (SSSR count). The van der Waals surface area contributed by atoms with Crippen LogP contribution in [0.25, 0.3) is 0 Å². The summed E-state index contributed by atoms with van der Waals surface area (Å²) in [5, 5.41) is 8.84. The van der Waals surface area contributed by atoms with Crippen LogP contribution in [0.4, 0.5) is 0 Å². The molecule has 2 unspecified atom stereocenters. The predicted molar refractivity (Wildman–Crippen MR) is 70.2 cm³/mol. The summed E-state index contributed by atoms with van der Waals surface area (Å²) in [5.74, 6) is -0.194. The largest absolute Gasteiger partial charge is 0.481 e. The number of amides is 1. The summed E-state index contributed by atoms with van der Waals surface area (Å²) in [7, 11) is 0.